The van der Waals surface area contributed by atoms with Crippen molar-refractivity contribution in [1.82, 2.24) is 9.62 Å². The number of hydrogen-bond donors (Lipinski definition) is 1. The van der Waals surface area contributed by atoms with Crippen LogP contribution in [0, 0.1) is 11.3 Å². The lowest BCUT2D eigenvalue weighted by atomic mass is 9.55. The first kappa shape index (κ1) is 22.4. The van der Waals surface area contributed by atoms with Crippen molar-refractivity contribution in [1.29, 1.82) is 0 Å². The molecule has 4 bridgehead atoms. The van der Waals surface area contributed by atoms with Gasteiger partial charge in [0.05, 0.1) is 5.25 Å². The molecule has 6 heteroatoms. The molecule has 5 aliphatic rings. The van der Waals surface area contributed by atoms with E-state index in [1.54, 1.807) is 18.2 Å². The summed E-state index contributed by atoms with van der Waals surface area (Å²) < 4.78 is 26.5. The Morgan fingerprint density at radius 3 is 2.16 bits per heavy atom. The molecule has 1 aromatic rings. The molecule has 4 aliphatic carbocycles. The molecule has 32 heavy (non-hydrogen) atoms. The first-order valence-corrected chi connectivity index (χ1v) is 14.0. The van der Waals surface area contributed by atoms with Crippen LogP contribution in [0.15, 0.2) is 24.3 Å². The Kier molecular flexibility index (Phi) is 5.48. The number of sulfonamides is 1. The van der Waals surface area contributed by atoms with Gasteiger partial charge in [0.2, 0.25) is 15.9 Å². The standard InChI is InChI=1S/C26H38N2O3S/c1-18(2)32(30,31)28-10-8-19(9-11-28)12-24(29)27-26-15-20-13-25(3,17-26)14-21(16-26)23-7-5-4-6-22(20)23/h4-7,18-21H,8-17H2,1-3H3,(H,27,29). The van der Waals surface area contributed by atoms with Crippen LogP contribution in [0.25, 0.3) is 0 Å². The highest BCUT2D eigenvalue weighted by Crippen LogP contribution is 2.62. The topological polar surface area (TPSA) is 66.5 Å². The van der Waals surface area contributed by atoms with Crippen LogP contribution < -0.4 is 5.32 Å². The van der Waals surface area contributed by atoms with Crippen LogP contribution >= 0.6 is 0 Å². The normalized spacial score (nSPS) is 35.0. The minimum Gasteiger partial charge on any atom is -0.351 e. The van der Waals surface area contributed by atoms with Crippen LogP contribution in [0.1, 0.15) is 95.1 Å². The third kappa shape index (κ3) is 3.91. The highest BCUT2D eigenvalue weighted by atomic mass is 32.2. The molecule has 2 saturated carbocycles. The summed E-state index contributed by atoms with van der Waals surface area (Å²) in [6.45, 7) is 6.99. The second-order valence-corrected chi connectivity index (χ2v) is 14.3. The average molecular weight is 459 g/mol. The molecular formula is C26H38N2O3S. The van der Waals surface area contributed by atoms with Gasteiger partial charge in [-0.15, -0.1) is 0 Å². The lowest BCUT2D eigenvalue weighted by molar-refractivity contribution is -0.126. The van der Waals surface area contributed by atoms with Crippen LogP contribution in [0.4, 0.5) is 0 Å². The molecule has 1 heterocycles. The summed E-state index contributed by atoms with van der Waals surface area (Å²) in [6.07, 6.45) is 7.78. The van der Waals surface area contributed by atoms with Crippen molar-refractivity contribution in [2.75, 3.05) is 13.1 Å². The van der Waals surface area contributed by atoms with Gasteiger partial charge in [-0.1, -0.05) is 31.2 Å². The zero-order valence-corrected chi connectivity index (χ0v) is 20.6. The summed E-state index contributed by atoms with van der Waals surface area (Å²) in [5, 5.41) is 3.18. The van der Waals surface area contributed by atoms with E-state index < -0.39 is 10.0 Å². The van der Waals surface area contributed by atoms with E-state index in [1.165, 1.54) is 24.0 Å². The van der Waals surface area contributed by atoms with Gasteiger partial charge in [-0.05, 0) is 93.1 Å². The quantitative estimate of drug-likeness (QED) is 0.704. The van der Waals surface area contributed by atoms with Crippen molar-refractivity contribution < 1.29 is 13.2 Å². The van der Waals surface area contributed by atoms with E-state index in [9.17, 15) is 13.2 Å². The predicted molar refractivity (Wildman–Crippen MR) is 127 cm³/mol. The zero-order chi connectivity index (χ0) is 22.7. The second kappa shape index (κ2) is 7.83. The molecule has 1 saturated heterocycles. The first-order valence-electron chi connectivity index (χ1n) is 12.5. The van der Waals surface area contributed by atoms with Crippen molar-refractivity contribution in [3.05, 3.63) is 35.4 Å². The maximum Gasteiger partial charge on any atom is 0.220 e. The molecule has 1 amide bonds. The maximum absolute atomic E-state index is 13.2. The van der Waals surface area contributed by atoms with E-state index in [2.05, 4.69) is 36.5 Å². The van der Waals surface area contributed by atoms with Gasteiger partial charge in [-0.3, -0.25) is 4.79 Å². The van der Waals surface area contributed by atoms with Crippen LogP contribution in [0.3, 0.4) is 0 Å². The Labute approximate surface area is 193 Å². The molecule has 0 radical (unpaired) electrons. The fourth-order valence-electron chi connectivity index (χ4n) is 7.67. The molecule has 1 N–H and O–H groups in total. The summed E-state index contributed by atoms with van der Waals surface area (Å²) in [5.41, 5.74) is 3.26. The number of amides is 1. The molecule has 1 aromatic carbocycles. The van der Waals surface area contributed by atoms with Gasteiger partial charge in [0, 0.05) is 25.0 Å². The SMILES string of the molecule is CC(C)S(=O)(=O)N1CCC(CC(=O)NC23CC4CC(C)(CC(C2)c2ccccc24)C3)CC1. The Bertz CT molecular complexity index is 959. The molecule has 5 nitrogen and oxygen atoms in total. The Hall–Kier alpha value is -1.40. The minimum absolute atomic E-state index is 0.0849. The fraction of sp³-hybridized carbons (Fsp3) is 0.731. The van der Waals surface area contributed by atoms with Gasteiger partial charge < -0.3 is 5.32 Å². The average Bonchev–Trinajstić information content (AvgIpc) is 2.86. The molecule has 2 atom stereocenters. The number of benzene rings is 1. The molecule has 1 aliphatic heterocycles. The highest BCUT2D eigenvalue weighted by molar-refractivity contribution is 7.89. The lowest BCUT2D eigenvalue weighted by Gasteiger charge is -2.54. The second-order valence-electron chi connectivity index (χ2n) is 11.8. The molecular weight excluding hydrogens is 420 g/mol. The Morgan fingerprint density at radius 2 is 1.62 bits per heavy atom. The smallest absolute Gasteiger partial charge is 0.220 e. The van der Waals surface area contributed by atoms with E-state index >= 15 is 0 Å². The van der Waals surface area contributed by atoms with E-state index in [0.29, 0.717) is 36.8 Å². The van der Waals surface area contributed by atoms with Crippen molar-refractivity contribution in [2.24, 2.45) is 11.3 Å². The maximum atomic E-state index is 13.2. The number of hydrogen-bond acceptors (Lipinski definition) is 3. The number of rotatable bonds is 5. The number of carbonyl (C=O) groups is 1. The Balaban J connectivity index is 1.25. The van der Waals surface area contributed by atoms with E-state index in [0.717, 1.165) is 32.1 Å². The van der Waals surface area contributed by atoms with E-state index in [1.807, 2.05) is 0 Å². The molecule has 3 fully saturated rings. The Morgan fingerprint density at radius 1 is 1.06 bits per heavy atom. The summed E-state index contributed by atoms with van der Waals surface area (Å²) in [6, 6.07) is 8.98. The van der Waals surface area contributed by atoms with Crippen LogP contribution in [0.5, 0.6) is 0 Å². The number of piperidine rings is 1. The largest absolute Gasteiger partial charge is 0.351 e. The van der Waals surface area contributed by atoms with Crippen molar-refractivity contribution in [3.63, 3.8) is 0 Å². The number of nitrogens with zero attached hydrogens (tertiary/aromatic N) is 1. The fourth-order valence-corrected chi connectivity index (χ4v) is 8.98. The molecule has 0 spiro atoms. The lowest BCUT2D eigenvalue weighted by Crippen LogP contribution is -2.57. The van der Waals surface area contributed by atoms with Gasteiger partial charge >= 0.3 is 0 Å². The zero-order valence-electron chi connectivity index (χ0n) is 19.8. The summed E-state index contributed by atoms with van der Waals surface area (Å²) in [7, 11) is -3.19. The van der Waals surface area contributed by atoms with Gasteiger partial charge in [0.15, 0.2) is 0 Å². The highest BCUT2D eigenvalue weighted by Gasteiger charge is 2.55. The number of carbonyl (C=O) groups excluding carboxylic acids is 1. The minimum atomic E-state index is -3.19. The third-order valence-electron chi connectivity index (χ3n) is 8.80. The van der Waals surface area contributed by atoms with Crippen molar-refractivity contribution in [3.8, 4) is 0 Å². The summed E-state index contributed by atoms with van der Waals surface area (Å²) >= 11 is 0. The van der Waals surface area contributed by atoms with Crippen LogP contribution in [-0.2, 0) is 14.8 Å². The monoisotopic (exact) mass is 458 g/mol. The summed E-state index contributed by atoms with van der Waals surface area (Å²) in [4.78, 5) is 13.2. The van der Waals surface area contributed by atoms with Crippen LogP contribution in [-0.4, -0.2) is 42.5 Å². The van der Waals surface area contributed by atoms with Gasteiger partial charge in [-0.25, -0.2) is 12.7 Å². The summed E-state index contributed by atoms with van der Waals surface area (Å²) in [5.74, 6) is 1.53. The van der Waals surface area contributed by atoms with E-state index in [-0.39, 0.29) is 22.6 Å². The third-order valence-corrected chi connectivity index (χ3v) is 11.1. The molecule has 2 unspecified atom stereocenters. The van der Waals surface area contributed by atoms with Gasteiger partial charge in [0.25, 0.3) is 0 Å². The predicted octanol–water partition coefficient (Wildman–Crippen LogP) is 4.55. The first-order chi connectivity index (χ1) is 15.1. The van der Waals surface area contributed by atoms with E-state index in [4.69, 9.17) is 0 Å². The van der Waals surface area contributed by atoms with Gasteiger partial charge in [0.1, 0.15) is 0 Å². The van der Waals surface area contributed by atoms with Crippen LogP contribution in [0.2, 0.25) is 0 Å². The molecule has 6 rings (SSSR count). The van der Waals surface area contributed by atoms with Gasteiger partial charge in [-0.2, -0.15) is 0 Å². The molecule has 0 aromatic heterocycles. The number of nitrogens with one attached hydrogen (secondary N) is 1. The molecule has 176 valence electrons. The van der Waals surface area contributed by atoms with Crippen molar-refractivity contribution >= 4 is 15.9 Å². The van der Waals surface area contributed by atoms with Crippen molar-refractivity contribution in [2.45, 2.75) is 94.8 Å².